The zero-order valence-electron chi connectivity index (χ0n) is 20.8. The number of ether oxygens (including phenoxy) is 1. The first-order valence-electron chi connectivity index (χ1n) is 12.2. The zero-order valence-corrected chi connectivity index (χ0v) is 20.8. The number of pyridine rings is 1. The van der Waals surface area contributed by atoms with Gasteiger partial charge in [-0.3, -0.25) is 4.68 Å². The molecule has 0 saturated carbocycles. The summed E-state index contributed by atoms with van der Waals surface area (Å²) in [5, 5.41) is 8.88. The van der Waals surface area contributed by atoms with Crippen LogP contribution < -0.4 is 4.90 Å². The number of benzene rings is 1. The van der Waals surface area contributed by atoms with Crippen molar-refractivity contribution < 1.29 is 9.53 Å². The van der Waals surface area contributed by atoms with E-state index < -0.39 is 0 Å². The number of aryl methyl sites for hydroxylation is 2. The molecule has 8 heteroatoms. The van der Waals surface area contributed by atoms with Crippen molar-refractivity contribution in [2.75, 3.05) is 24.5 Å². The van der Waals surface area contributed by atoms with E-state index >= 15 is 0 Å². The Kier molecular flexibility index (Phi) is 6.19. The first-order chi connectivity index (χ1) is 16.9. The van der Waals surface area contributed by atoms with Gasteiger partial charge in [0.15, 0.2) is 0 Å². The van der Waals surface area contributed by atoms with Crippen LogP contribution in [0.3, 0.4) is 0 Å². The van der Waals surface area contributed by atoms with Crippen LogP contribution in [-0.4, -0.2) is 56.1 Å². The van der Waals surface area contributed by atoms with Gasteiger partial charge in [-0.2, -0.15) is 10.2 Å². The van der Waals surface area contributed by atoms with Crippen molar-refractivity contribution in [1.82, 2.24) is 24.3 Å². The molecular weight excluding hydrogens is 440 g/mol. The first-order valence-corrected chi connectivity index (χ1v) is 12.2. The molecule has 0 unspecified atom stereocenters. The van der Waals surface area contributed by atoms with E-state index in [1.807, 2.05) is 72.4 Å². The molecule has 1 fully saturated rings. The molecule has 0 radical (unpaired) electrons. The Morgan fingerprint density at radius 3 is 2.57 bits per heavy atom. The number of nitrogens with zero attached hydrogens (tertiary/aromatic N) is 6. The fourth-order valence-corrected chi connectivity index (χ4v) is 4.74. The molecule has 0 bridgehead atoms. The van der Waals surface area contributed by atoms with E-state index in [1.165, 1.54) is 5.56 Å². The summed E-state index contributed by atoms with van der Waals surface area (Å²) in [6, 6.07) is 12.4. The molecule has 1 aliphatic rings. The molecule has 2 atom stereocenters. The topological polar surface area (TPSA) is 67.9 Å². The summed E-state index contributed by atoms with van der Waals surface area (Å²) in [4.78, 5) is 17.3. The fourth-order valence-electron chi connectivity index (χ4n) is 4.74. The Balaban J connectivity index is 1.29. The van der Waals surface area contributed by atoms with Gasteiger partial charge in [-0.1, -0.05) is 42.8 Å². The SMILES string of the molecule is CC[C@H]1CN(c2cnn3cc(-c4cnn(C)c4)ccc23)CCN1C(=O)O[C@H](C)c1ccc(C)cc1. The van der Waals surface area contributed by atoms with Crippen LogP contribution >= 0.6 is 0 Å². The van der Waals surface area contributed by atoms with Crippen LogP contribution in [0.5, 0.6) is 0 Å². The van der Waals surface area contributed by atoms with E-state index in [9.17, 15) is 4.79 Å². The monoisotopic (exact) mass is 472 g/mol. The smallest absolute Gasteiger partial charge is 0.410 e. The van der Waals surface area contributed by atoms with E-state index in [4.69, 9.17) is 4.74 Å². The molecule has 0 aliphatic carbocycles. The summed E-state index contributed by atoms with van der Waals surface area (Å²) < 4.78 is 9.56. The number of aromatic nitrogens is 4. The number of fused-ring (bicyclic) bond motifs is 1. The van der Waals surface area contributed by atoms with Gasteiger partial charge in [-0.15, -0.1) is 0 Å². The summed E-state index contributed by atoms with van der Waals surface area (Å²) in [6.07, 6.45) is 8.13. The second-order valence-corrected chi connectivity index (χ2v) is 9.32. The first kappa shape index (κ1) is 23.0. The quantitative estimate of drug-likeness (QED) is 0.416. The Labute approximate surface area is 205 Å². The molecule has 8 nitrogen and oxygen atoms in total. The standard InChI is InChI=1S/C27H32N6O2/c1-5-24-18-31(12-13-32(24)27(34)35-20(3)21-8-6-19(2)7-9-21)26-15-29-33-17-22(10-11-25(26)33)23-14-28-30(4)16-23/h6-11,14-17,20,24H,5,12-13,18H2,1-4H3/t20-,24+/m1/s1. The van der Waals surface area contributed by atoms with Crippen LogP contribution in [0.25, 0.3) is 16.6 Å². The summed E-state index contributed by atoms with van der Waals surface area (Å²) in [6.45, 7) is 8.19. The van der Waals surface area contributed by atoms with Crippen LogP contribution in [0.1, 0.15) is 37.5 Å². The molecule has 0 N–H and O–H groups in total. The van der Waals surface area contributed by atoms with Crippen LogP contribution in [-0.2, 0) is 11.8 Å². The van der Waals surface area contributed by atoms with Crippen molar-refractivity contribution >= 4 is 17.3 Å². The van der Waals surface area contributed by atoms with Crippen LogP contribution in [0.15, 0.2) is 61.2 Å². The molecule has 182 valence electrons. The zero-order chi connectivity index (χ0) is 24.5. The van der Waals surface area contributed by atoms with Crippen LogP contribution in [0.4, 0.5) is 10.5 Å². The molecule has 4 heterocycles. The maximum atomic E-state index is 13.1. The van der Waals surface area contributed by atoms with Crippen molar-refractivity contribution in [3.8, 4) is 11.1 Å². The van der Waals surface area contributed by atoms with E-state index in [-0.39, 0.29) is 18.2 Å². The number of hydrogen-bond acceptors (Lipinski definition) is 5. The Hall–Kier alpha value is -3.81. The normalized spacial score (nSPS) is 17.1. The fraction of sp³-hybridized carbons (Fsp3) is 0.370. The number of carbonyl (C=O) groups is 1. The summed E-state index contributed by atoms with van der Waals surface area (Å²) in [5.74, 6) is 0. The number of anilines is 1. The van der Waals surface area contributed by atoms with Gasteiger partial charge in [0.2, 0.25) is 0 Å². The molecule has 3 aromatic heterocycles. The number of piperazine rings is 1. The Bertz CT molecular complexity index is 1330. The van der Waals surface area contributed by atoms with Crippen molar-refractivity contribution in [3.05, 3.63) is 72.3 Å². The van der Waals surface area contributed by atoms with Gasteiger partial charge in [0.25, 0.3) is 0 Å². The predicted octanol–water partition coefficient (Wildman–Crippen LogP) is 4.84. The number of rotatable bonds is 5. The van der Waals surface area contributed by atoms with E-state index in [0.717, 1.165) is 47.4 Å². The van der Waals surface area contributed by atoms with Crippen molar-refractivity contribution in [3.63, 3.8) is 0 Å². The molecule has 1 aromatic carbocycles. The van der Waals surface area contributed by atoms with Crippen LogP contribution in [0, 0.1) is 6.92 Å². The minimum absolute atomic E-state index is 0.0751. The lowest BCUT2D eigenvalue weighted by atomic mass is 10.1. The van der Waals surface area contributed by atoms with Gasteiger partial charge in [0, 0.05) is 50.2 Å². The van der Waals surface area contributed by atoms with Crippen molar-refractivity contribution in [2.45, 2.75) is 39.3 Å². The highest BCUT2D eigenvalue weighted by molar-refractivity contribution is 5.76. The molecule has 35 heavy (non-hydrogen) atoms. The molecule has 0 spiro atoms. The number of amides is 1. The highest BCUT2D eigenvalue weighted by atomic mass is 16.6. The van der Waals surface area contributed by atoms with Gasteiger partial charge in [0.1, 0.15) is 6.10 Å². The maximum absolute atomic E-state index is 13.1. The van der Waals surface area contributed by atoms with E-state index in [1.54, 1.807) is 4.68 Å². The number of carbonyl (C=O) groups excluding carboxylic acids is 1. The van der Waals surface area contributed by atoms with E-state index in [0.29, 0.717) is 6.54 Å². The molecule has 1 saturated heterocycles. The van der Waals surface area contributed by atoms with Gasteiger partial charge in [-0.05, 0) is 31.9 Å². The third-order valence-corrected chi connectivity index (χ3v) is 6.89. The van der Waals surface area contributed by atoms with Gasteiger partial charge in [-0.25, -0.2) is 9.31 Å². The average Bonchev–Trinajstić information content (AvgIpc) is 3.49. The van der Waals surface area contributed by atoms with E-state index in [2.05, 4.69) is 41.1 Å². The summed E-state index contributed by atoms with van der Waals surface area (Å²) in [7, 11) is 1.91. The third kappa shape index (κ3) is 4.60. The largest absolute Gasteiger partial charge is 0.442 e. The van der Waals surface area contributed by atoms with Gasteiger partial charge >= 0.3 is 6.09 Å². The summed E-state index contributed by atoms with van der Waals surface area (Å²) >= 11 is 0. The van der Waals surface area contributed by atoms with Crippen LogP contribution in [0.2, 0.25) is 0 Å². The molecular formula is C27H32N6O2. The molecule has 1 aliphatic heterocycles. The second-order valence-electron chi connectivity index (χ2n) is 9.32. The minimum atomic E-state index is -0.285. The molecule has 1 amide bonds. The lowest BCUT2D eigenvalue weighted by molar-refractivity contribution is 0.0527. The highest BCUT2D eigenvalue weighted by Gasteiger charge is 2.32. The average molecular weight is 473 g/mol. The highest BCUT2D eigenvalue weighted by Crippen LogP contribution is 2.28. The van der Waals surface area contributed by atoms with Crippen molar-refractivity contribution in [1.29, 1.82) is 0 Å². The number of hydrogen-bond donors (Lipinski definition) is 0. The second kappa shape index (κ2) is 9.44. The lowest BCUT2D eigenvalue weighted by Crippen LogP contribution is -2.55. The maximum Gasteiger partial charge on any atom is 0.410 e. The van der Waals surface area contributed by atoms with Gasteiger partial charge in [0.05, 0.1) is 29.6 Å². The third-order valence-electron chi connectivity index (χ3n) is 6.89. The minimum Gasteiger partial charge on any atom is -0.442 e. The van der Waals surface area contributed by atoms with Gasteiger partial charge < -0.3 is 14.5 Å². The Morgan fingerprint density at radius 2 is 1.86 bits per heavy atom. The summed E-state index contributed by atoms with van der Waals surface area (Å²) in [5.41, 5.74) is 6.47. The molecule has 5 rings (SSSR count). The van der Waals surface area contributed by atoms with Crippen molar-refractivity contribution in [2.24, 2.45) is 7.05 Å². The molecule has 4 aromatic rings. The lowest BCUT2D eigenvalue weighted by Gasteiger charge is -2.41. The Morgan fingerprint density at radius 1 is 1.06 bits per heavy atom. The predicted molar refractivity (Wildman–Crippen MR) is 136 cm³/mol.